The Balaban J connectivity index is 2.44. The fraction of sp³-hybridized carbons (Fsp3) is 0.545. The van der Waals surface area contributed by atoms with E-state index in [2.05, 4.69) is 16.9 Å². The van der Waals surface area contributed by atoms with Gasteiger partial charge in [0.2, 0.25) is 5.88 Å². The second-order valence-electron chi connectivity index (χ2n) is 3.48. The maximum absolute atomic E-state index is 5.52. The maximum Gasteiger partial charge on any atom is 0.243 e. The summed E-state index contributed by atoms with van der Waals surface area (Å²) in [5, 5.41) is 0. The molecule has 0 unspecified atom stereocenters. The lowest BCUT2D eigenvalue weighted by Crippen LogP contribution is -2.15. The van der Waals surface area contributed by atoms with Gasteiger partial charge < -0.3 is 10.5 Å². The number of nitrogens with zero attached hydrogens (tertiary/aromatic N) is 2. The molecular weight excluding hydrogens is 222 g/mol. The minimum Gasteiger partial charge on any atom is -0.476 e. The van der Waals surface area contributed by atoms with Crippen molar-refractivity contribution in [2.45, 2.75) is 32.6 Å². The van der Waals surface area contributed by atoms with E-state index < -0.39 is 0 Å². The molecule has 1 aromatic rings. The molecule has 0 amide bonds. The van der Waals surface area contributed by atoms with Crippen molar-refractivity contribution >= 4 is 17.2 Å². The second kappa shape index (κ2) is 7.11. The van der Waals surface area contributed by atoms with E-state index in [-0.39, 0.29) is 4.99 Å². The summed E-state index contributed by atoms with van der Waals surface area (Å²) in [6.07, 6.45) is 7.75. The summed E-state index contributed by atoms with van der Waals surface area (Å²) in [6.45, 7) is 2.81. The normalized spacial score (nSPS) is 10.1. The molecule has 2 N–H and O–H groups in total. The van der Waals surface area contributed by atoms with E-state index in [1.807, 2.05) is 0 Å². The number of hydrogen-bond acceptors (Lipinski definition) is 4. The van der Waals surface area contributed by atoms with Crippen molar-refractivity contribution in [3.8, 4) is 5.88 Å². The molecule has 0 atom stereocenters. The Bertz CT molecular complexity index is 344. The van der Waals surface area contributed by atoms with Crippen molar-refractivity contribution in [1.29, 1.82) is 0 Å². The van der Waals surface area contributed by atoms with Gasteiger partial charge in [-0.3, -0.25) is 0 Å². The summed E-state index contributed by atoms with van der Waals surface area (Å²) in [6, 6.07) is 0. The van der Waals surface area contributed by atoms with Crippen LogP contribution in [0.25, 0.3) is 0 Å². The highest BCUT2D eigenvalue weighted by molar-refractivity contribution is 7.80. The maximum atomic E-state index is 5.52. The minimum atomic E-state index is 0.219. The molecule has 1 rings (SSSR count). The summed E-state index contributed by atoms with van der Waals surface area (Å²) >= 11 is 4.87. The quantitative estimate of drug-likeness (QED) is 0.583. The molecule has 0 saturated carbocycles. The Kier molecular flexibility index (Phi) is 5.71. The van der Waals surface area contributed by atoms with E-state index in [9.17, 15) is 0 Å². The van der Waals surface area contributed by atoms with Gasteiger partial charge in [-0.25, -0.2) is 9.97 Å². The van der Waals surface area contributed by atoms with Crippen molar-refractivity contribution in [3.05, 3.63) is 18.1 Å². The fourth-order valence-corrected chi connectivity index (χ4v) is 1.44. The zero-order valence-electron chi connectivity index (χ0n) is 9.48. The topological polar surface area (TPSA) is 61.0 Å². The predicted molar refractivity (Wildman–Crippen MR) is 67.6 cm³/mol. The van der Waals surface area contributed by atoms with Crippen molar-refractivity contribution in [2.24, 2.45) is 5.73 Å². The van der Waals surface area contributed by atoms with Gasteiger partial charge in [-0.05, 0) is 6.42 Å². The smallest absolute Gasteiger partial charge is 0.243 e. The third kappa shape index (κ3) is 4.10. The third-order valence-electron chi connectivity index (χ3n) is 2.13. The van der Waals surface area contributed by atoms with Gasteiger partial charge in [0.1, 0.15) is 4.99 Å². The van der Waals surface area contributed by atoms with E-state index in [0.717, 1.165) is 6.42 Å². The Hall–Kier alpha value is -1.23. The molecule has 0 bridgehead atoms. The van der Waals surface area contributed by atoms with Gasteiger partial charge in [-0.2, -0.15) is 0 Å². The molecule has 0 aliphatic carbocycles. The minimum absolute atomic E-state index is 0.219. The highest BCUT2D eigenvalue weighted by Gasteiger charge is 2.08. The number of hydrogen-bond donors (Lipinski definition) is 1. The van der Waals surface area contributed by atoms with Crippen LogP contribution in [0.5, 0.6) is 5.88 Å². The highest BCUT2D eigenvalue weighted by atomic mass is 32.1. The Labute approximate surface area is 101 Å². The Morgan fingerprint density at radius 3 is 2.75 bits per heavy atom. The standard InChI is InChI=1S/C11H17N3OS/c1-2-3-4-5-8-15-11-9(10(12)16)13-6-7-14-11/h6-7H,2-5,8H2,1H3,(H2,12,16). The number of aromatic nitrogens is 2. The fourth-order valence-electron chi connectivity index (χ4n) is 1.30. The number of rotatable bonds is 7. The first kappa shape index (κ1) is 12.8. The van der Waals surface area contributed by atoms with Gasteiger partial charge in [0, 0.05) is 12.4 Å². The molecule has 0 aliphatic heterocycles. The third-order valence-corrected chi connectivity index (χ3v) is 2.33. The molecule has 0 saturated heterocycles. The SMILES string of the molecule is CCCCCCOc1nccnc1C(N)=S. The van der Waals surface area contributed by atoms with Crippen LogP contribution in [0.2, 0.25) is 0 Å². The molecule has 0 aromatic carbocycles. The highest BCUT2D eigenvalue weighted by Crippen LogP contribution is 2.11. The number of unbranched alkanes of at least 4 members (excludes halogenated alkanes) is 3. The molecule has 1 heterocycles. The Morgan fingerprint density at radius 1 is 1.31 bits per heavy atom. The van der Waals surface area contributed by atoms with E-state index in [1.165, 1.54) is 19.3 Å². The van der Waals surface area contributed by atoms with Crippen LogP contribution in [0.15, 0.2) is 12.4 Å². The van der Waals surface area contributed by atoms with Crippen LogP contribution in [-0.4, -0.2) is 21.6 Å². The van der Waals surface area contributed by atoms with Crippen LogP contribution in [0.1, 0.15) is 38.3 Å². The zero-order valence-corrected chi connectivity index (χ0v) is 10.3. The van der Waals surface area contributed by atoms with Crippen molar-refractivity contribution < 1.29 is 4.74 Å². The Morgan fingerprint density at radius 2 is 2.06 bits per heavy atom. The number of ether oxygens (including phenoxy) is 1. The lowest BCUT2D eigenvalue weighted by molar-refractivity contribution is 0.292. The zero-order chi connectivity index (χ0) is 11.8. The molecular formula is C11H17N3OS. The average Bonchev–Trinajstić information content (AvgIpc) is 2.29. The largest absolute Gasteiger partial charge is 0.476 e. The van der Waals surface area contributed by atoms with Crippen molar-refractivity contribution in [1.82, 2.24) is 9.97 Å². The lowest BCUT2D eigenvalue weighted by Gasteiger charge is -2.07. The molecule has 0 spiro atoms. The van der Waals surface area contributed by atoms with E-state index in [0.29, 0.717) is 18.2 Å². The van der Waals surface area contributed by atoms with Crippen LogP contribution >= 0.6 is 12.2 Å². The number of thiocarbonyl (C=S) groups is 1. The van der Waals surface area contributed by atoms with Gasteiger partial charge >= 0.3 is 0 Å². The number of nitrogens with two attached hydrogens (primary N) is 1. The first-order chi connectivity index (χ1) is 7.75. The molecule has 88 valence electrons. The van der Waals surface area contributed by atoms with E-state index in [4.69, 9.17) is 22.7 Å². The summed E-state index contributed by atoms with van der Waals surface area (Å²) in [5.41, 5.74) is 5.98. The predicted octanol–water partition coefficient (Wildman–Crippen LogP) is 2.07. The molecule has 5 heteroatoms. The first-order valence-corrected chi connectivity index (χ1v) is 5.90. The summed E-state index contributed by atoms with van der Waals surface area (Å²) in [7, 11) is 0. The molecule has 0 radical (unpaired) electrons. The summed E-state index contributed by atoms with van der Waals surface area (Å²) in [4.78, 5) is 8.32. The van der Waals surface area contributed by atoms with Crippen LogP contribution in [0.4, 0.5) is 0 Å². The molecule has 4 nitrogen and oxygen atoms in total. The molecule has 1 aromatic heterocycles. The lowest BCUT2D eigenvalue weighted by atomic mass is 10.2. The second-order valence-corrected chi connectivity index (χ2v) is 3.92. The summed E-state index contributed by atoms with van der Waals surface area (Å²) < 4.78 is 5.50. The van der Waals surface area contributed by atoms with E-state index in [1.54, 1.807) is 12.4 Å². The van der Waals surface area contributed by atoms with Crippen LogP contribution in [-0.2, 0) is 0 Å². The van der Waals surface area contributed by atoms with Crippen molar-refractivity contribution in [3.63, 3.8) is 0 Å². The monoisotopic (exact) mass is 239 g/mol. The summed E-state index contributed by atoms with van der Waals surface area (Å²) in [5.74, 6) is 0.437. The van der Waals surface area contributed by atoms with E-state index >= 15 is 0 Å². The molecule has 0 aliphatic rings. The van der Waals surface area contributed by atoms with Gasteiger partial charge in [-0.15, -0.1) is 0 Å². The van der Waals surface area contributed by atoms with Gasteiger partial charge in [-0.1, -0.05) is 38.4 Å². The average molecular weight is 239 g/mol. The first-order valence-electron chi connectivity index (χ1n) is 5.49. The van der Waals surface area contributed by atoms with Gasteiger partial charge in [0.05, 0.1) is 6.61 Å². The van der Waals surface area contributed by atoms with Crippen LogP contribution in [0, 0.1) is 0 Å². The molecule has 16 heavy (non-hydrogen) atoms. The molecule has 0 fully saturated rings. The van der Waals surface area contributed by atoms with Crippen LogP contribution in [0.3, 0.4) is 0 Å². The van der Waals surface area contributed by atoms with Gasteiger partial charge in [0.15, 0.2) is 5.69 Å². The van der Waals surface area contributed by atoms with Gasteiger partial charge in [0.25, 0.3) is 0 Å². The van der Waals surface area contributed by atoms with Crippen LogP contribution < -0.4 is 10.5 Å². The van der Waals surface area contributed by atoms with Crippen molar-refractivity contribution in [2.75, 3.05) is 6.61 Å².